The Hall–Kier alpha value is -1.38. The topological polar surface area (TPSA) is 85.9 Å². The summed E-state index contributed by atoms with van der Waals surface area (Å²) in [5, 5.41) is 13.5. The van der Waals surface area contributed by atoms with Crippen molar-refractivity contribution in [2.75, 3.05) is 33.3 Å². The molecule has 4 atom stereocenters. The van der Waals surface area contributed by atoms with Gasteiger partial charge in [-0.15, -0.1) is 0 Å². The smallest absolute Gasteiger partial charge is 0.238 e. The zero-order valence-electron chi connectivity index (χ0n) is 14.2. The van der Waals surface area contributed by atoms with Crippen molar-refractivity contribution >= 4 is 17.5 Å². The van der Waals surface area contributed by atoms with Crippen LogP contribution in [-0.4, -0.2) is 67.4 Å². The highest BCUT2D eigenvalue weighted by molar-refractivity contribution is 6.30. The van der Waals surface area contributed by atoms with Crippen LogP contribution in [0.2, 0.25) is 5.02 Å². The minimum absolute atomic E-state index is 0.0964. The number of fused-ring (bicyclic) bond motifs is 1. The molecule has 8 heteroatoms. The van der Waals surface area contributed by atoms with Crippen molar-refractivity contribution in [3.05, 3.63) is 29.3 Å². The van der Waals surface area contributed by atoms with Crippen LogP contribution >= 0.6 is 11.6 Å². The number of aliphatic hydroxyl groups excluding tert-OH is 1. The lowest BCUT2D eigenvalue weighted by atomic mass is 9.88. The van der Waals surface area contributed by atoms with E-state index in [4.69, 9.17) is 16.3 Å². The molecule has 0 aromatic heterocycles. The van der Waals surface area contributed by atoms with E-state index in [9.17, 15) is 9.90 Å². The molecule has 7 nitrogen and oxygen atoms in total. The SMILES string of the molecule is CN1CCC2NNC(C(=O)NCC(O)COc3ccc(Cl)cc3)C2C1. The van der Waals surface area contributed by atoms with Gasteiger partial charge in [0.2, 0.25) is 5.91 Å². The van der Waals surface area contributed by atoms with Gasteiger partial charge < -0.3 is 20.1 Å². The van der Waals surface area contributed by atoms with Gasteiger partial charge in [-0.1, -0.05) is 11.6 Å². The lowest BCUT2D eigenvalue weighted by Gasteiger charge is -2.33. The summed E-state index contributed by atoms with van der Waals surface area (Å²) in [7, 11) is 2.07. The van der Waals surface area contributed by atoms with Crippen molar-refractivity contribution in [2.24, 2.45) is 5.92 Å². The van der Waals surface area contributed by atoms with Gasteiger partial charge in [-0.3, -0.25) is 10.2 Å². The van der Waals surface area contributed by atoms with Gasteiger partial charge in [0.15, 0.2) is 0 Å². The van der Waals surface area contributed by atoms with Crippen LogP contribution in [0.15, 0.2) is 24.3 Å². The minimum Gasteiger partial charge on any atom is -0.491 e. The normalized spacial score (nSPS) is 27.6. The molecule has 1 aromatic rings. The van der Waals surface area contributed by atoms with Gasteiger partial charge in [-0.2, -0.15) is 0 Å². The molecule has 2 aliphatic rings. The number of nitrogens with zero attached hydrogens (tertiary/aromatic N) is 1. The van der Waals surface area contributed by atoms with Crippen LogP contribution in [0.25, 0.3) is 0 Å². The first-order chi connectivity index (χ1) is 12.0. The molecule has 0 radical (unpaired) electrons. The van der Waals surface area contributed by atoms with E-state index in [1.165, 1.54) is 0 Å². The molecule has 2 fully saturated rings. The number of hydrogen-bond donors (Lipinski definition) is 4. The maximum absolute atomic E-state index is 12.4. The second kappa shape index (κ2) is 8.33. The van der Waals surface area contributed by atoms with Crippen molar-refractivity contribution in [1.29, 1.82) is 0 Å². The van der Waals surface area contributed by atoms with E-state index in [1.54, 1.807) is 24.3 Å². The molecule has 25 heavy (non-hydrogen) atoms. The summed E-state index contributed by atoms with van der Waals surface area (Å²) >= 11 is 5.81. The summed E-state index contributed by atoms with van der Waals surface area (Å²) in [6.45, 7) is 2.17. The van der Waals surface area contributed by atoms with Crippen LogP contribution < -0.4 is 20.9 Å². The van der Waals surface area contributed by atoms with E-state index in [-0.39, 0.29) is 31.0 Å². The summed E-state index contributed by atoms with van der Waals surface area (Å²) in [6.07, 6.45) is 0.244. The third-order valence-corrected chi connectivity index (χ3v) is 5.02. The fourth-order valence-electron chi connectivity index (χ4n) is 3.34. The monoisotopic (exact) mass is 368 g/mol. The Labute approximate surface area is 152 Å². The number of carbonyl (C=O) groups is 1. The minimum atomic E-state index is -0.779. The molecular weight excluding hydrogens is 344 g/mol. The van der Waals surface area contributed by atoms with Gasteiger partial charge in [-0.25, -0.2) is 5.43 Å². The molecular formula is C17H25ClN4O3. The molecule has 2 aliphatic heterocycles. The predicted molar refractivity (Wildman–Crippen MR) is 95.4 cm³/mol. The second-order valence-electron chi connectivity index (χ2n) is 6.75. The standard InChI is InChI=1S/C17H25ClN4O3/c1-22-7-6-15-14(9-22)16(21-20-15)17(24)19-8-12(23)10-25-13-4-2-11(18)3-5-13/h2-5,12,14-16,20-21,23H,6-10H2,1H3,(H,19,24). The van der Waals surface area contributed by atoms with Gasteiger partial charge in [0.1, 0.15) is 24.5 Å². The van der Waals surface area contributed by atoms with Crippen LogP contribution in [0.4, 0.5) is 0 Å². The van der Waals surface area contributed by atoms with Gasteiger partial charge in [0.25, 0.3) is 0 Å². The molecule has 2 saturated heterocycles. The molecule has 0 bridgehead atoms. The quantitative estimate of drug-likeness (QED) is 0.565. The highest BCUT2D eigenvalue weighted by Gasteiger charge is 2.42. The number of halogens is 1. The molecule has 4 unspecified atom stereocenters. The molecule has 1 aromatic carbocycles. The van der Waals surface area contributed by atoms with Gasteiger partial charge in [0, 0.05) is 30.1 Å². The van der Waals surface area contributed by atoms with Gasteiger partial charge in [-0.05, 0) is 44.3 Å². The number of aliphatic hydroxyl groups is 1. The molecule has 138 valence electrons. The summed E-state index contributed by atoms with van der Waals surface area (Å²) < 4.78 is 5.49. The summed E-state index contributed by atoms with van der Waals surface area (Å²) in [5.41, 5.74) is 6.31. The van der Waals surface area contributed by atoms with Crippen molar-refractivity contribution in [3.63, 3.8) is 0 Å². The van der Waals surface area contributed by atoms with E-state index in [2.05, 4.69) is 28.1 Å². The first kappa shape index (κ1) is 18.4. The maximum atomic E-state index is 12.4. The third-order valence-electron chi connectivity index (χ3n) is 4.76. The Bertz CT molecular complexity index is 586. The van der Waals surface area contributed by atoms with E-state index < -0.39 is 6.10 Å². The van der Waals surface area contributed by atoms with Crippen LogP contribution in [0.1, 0.15) is 6.42 Å². The molecule has 0 spiro atoms. The molecule has 0 aliphatic carbocycles. The number of likely N-dealkylation sites (tertiary alicyclic amines) is 1. The maximum Gasteiger partial charge on any atom is 0.238 e. The number of nitrogens with one attached hydrogen (secondary N) is 3. The summed E-state index contributed by atoms with van der Waals surface area (Å²) in [4.78, 5) is 14.7. The van der Waals surface area contributed by atoms with Crippen LogP contribution in [0.5, 0.6) is 5.75 Å². The zero-order chi connectivity index (χ0) is 17.8. The van der Waals surface area contributed by atoms with Crippen LogP contribution in [0, 0.1) is 5.92 Å². The van der Waals surface area contributed by atoms with Crippen LogP contribution in [-0.2, 0) is 4.79 Å². The number of carbonyl (C=O) groups excluding carboxylic acids is 1. The lowest BCUT2D eigenvalue weighted by Crippen LogP contribution is -2.51. The van der Waals surface area contributed by atoms with Crippen molar-refractivity contribution in [1.82, 2.24) is 21.1 Å². The van der Waals surface area contributed by atoms with E-state index in [1.807, 2.05) is 0 Å². The Balaban J connectivity index is 1.41. The zero-order valence-corrected chi connectivity index (χ0v) is 15.0. The Morgan fingerprint density at radius 1 is 1.44 bits per heavy atom. The third kappa shape index (κ3) is 4.83. The van der Waals surface area contributed by atoms with Crippen molar-refractivity contribution < 1.29 is 14.6 Å². The van der Waals surface area contributed by atoms with E-state index >= 15 is 0 Å². The number of amides is 1. The van der Waals surface area contributed by atoms with Crippen molar-refractivity contribution in [2.45, 2.75) is 24.6 Å². The fraction of sp³-hybridized carbons (Fsp3) is 0.588. The average Bonchev–Trinajstić information content (AvgIpc) is 3.02. The molecule has 0 saturated carbocycles. The largest absolute Gasteiger partial charge is 0.491 e. The number of piperidine rings is 1. The number of rotatable bonds is 6. The van der Waals surface area contributed by atoms with Crippen molar-refractivity contribution in [3.8, 4) is 5.75 Å². The van der Waals surface area contributed by atoms with E-state index in [0.29, 0.717) is 16.8 Å². The van der Waals surface area contributed by atoms with Gasteiger partial charge in [0.05, 0.1) is 0 Å². The second-order valence-corrected chi connectivity index (χ2v) is 7.19. The first-order valence-corrected chi connectivity index (χ1v) is 8.94. The fourth-order valence-corrected chi connectivity index (χ4v) is 3.47. The summed E-state index contributed by atoms with van der Waals surface area (Å²) in [5.74, 6) is 0.770. The molecule has 1 amide bonds. The Kier molecular flexibility index (Phi) is 6.14. The first-order valence-electron chi connectivity index (χ1n) is 8.56. The molecule has 4 N–H and O–H groups in total. The summed E-state index contributed by atoms with van der Waals surface area (Å²) in [6, 6.07) is 6.97. The van der Waals surface area contributed by atoms with Crippen LogP contribution in [0.3, 0.4) is 0 Å². The molecule has 3 rings (SSSR count). The number of hydrazine groups is 1. The predicted octanol–water partition coefficient (Wildman–Crippen LogP) is -0.00740. The van der Waals surface area contributed by atoms with Gasteiger partial charge >= 0.3 is 0 Å². The molecule has 2 heterocycles. The highest BCUT2D eigenvalue weighted by Crippen LogP contribution is 2.23. The number of hydrogen-bond acceptors (Lipinski definition) is 6. The highest BCUT2D eigenvalue weighted by atomic mass is 35.5. The number of ether oxygens (including phenoxy) is 1. The Morgan fingerprint density at radius 2 is 2.20 bits per heavy atom. The Morgan fingerprint density at radius 3 is 2.96 bits per heavy atom. The lowest BCUT2D eigenvalue weighted by molar-refractivity contribution is -0.124. The average molecular weight is 369 g/mol. The van der Waals surface area contributed by atoms with E-state index in [0.717, 1.165) is 19.5 Å². The number of benzene rings is 1.